The van der Waals surface area contributed by atoms with Gasteiger partial charge in [0.05, 0.1) is 21.4 Å². The maximum Gasteiger partial charge on any atom is 0.272 e. The van der Waals surface area contributed by atoms with Gasteiger partial charge < -0.3 is 16.0 Å². The van der Waals surface area contributed by atoms with Gasteiger partial charge in [0, 0.05) is 33.3 Å². The van der Waals surface area contributed by atoms with Gasteiger partial charge in [0.2, 0.25) is 5.91 Å². The van der Waals surface area contributed by atoms with Gasteiger partial charge >= 0.3 is 0 Å². The molecule has 3 amide bonds. The van der Waals surface area contributed by atoms with Crippen LogP contribution in [0.4, 0.5) is 17.1 Å². The number of hydrogen-bond acceptors (Lipinski definition) is 6. The molecule has 212 valence electrons. The van der Waals surface area contributed by atoms with Crippen molar-refractivity contribution in [3.63, 3.8) is 0 Å². The molecule has 3 N–H and O–H groups in total. The number of nitrogens with one attached hydrogen (secondary N) is 3. The van der Waals surface area contributed by atoms with E-state index >= 15 is 0 Å². The second kappa shape index (κ2) is 14.3. The van der Waals surface area contributed by atoms with Gasteiger partial charge in [-0.25, -0.2) is 0 Å². The molecule has 12 heteroatoms. The van der Waals surface area contributed by atoms with Crippen LogP contribution in [0.1, 0.15) is 15.9 Å². The minimum atomic E-state index is -0.601. The number of carbonyl (C=O) groups is 3. The molecule has 0 heterocycles. The summed E-state index contributed by atoms with van der Waals surface area (Å²) < 4.78 is 0. The Morgan fingerprint density at radius 3 is 2.21 bits per heavy atom. The number of thioether (sulfide) groups is 1. The summed E-state index contributed by atoms with van der Waals surface area (Å²) in [5.74, 6) is -1.25. The molecule has 0 aliphatic heterocycles. The third-order valence-electron chi connectivity index (χ3n) is 5.63. The Hall–Kier alpha value is -4.64. The summed E-state index contributed by atoms with van der Waals surface area (Å²) in [5.41, 5.74) is 1.53. The molecule has 0 fully saturated rings. The summed E-state index contributed by atoms with van der Waals surface area (Å²) in [6.45, 7) is 0. The first-order chi connectivity index (χ1) is 20.2. The van der Waals surface area contributed by atoms with Crippen molar-refractivity contribution in [2.45, 2.75) is 4.90 Å². The molecule has 0 atom stereocenters. The van der Waals surface area contributed by atoms with Gasteiger partial charge in [0.15, 0.2) is 0 Å². The van der Waals surface area contributed by atoms with Gasteiger partial charge in [-0.3, -0.25) is 24.5 Å². The normalized spacial score (nSPS) is 11.0. The predicted octanol–water partition coefficient (Wildman–Crippen LogP) is 7.04. The maximum absolute atomic E-state index is 13.2. The largest absolute Gasteiger partial charge is 0.324 e. The Morgan fingerprint density at radius 2 is 1.55 bits per heavy atom. The molecule has 0 bridgehead atoms. The first-order valence-corrected chi connectivity index (χ1v) is 14.0. The van der Waals surface area contributed by atoms with Crippen LogP contribution in [0.3, 0.4) is 0 Å². The summed E-state index contributed by atoms with van der Waals surface area (Å²) in [6, 6.07) is 25.5. The number of non-ortho nitro benzene ring substituents is 1. The van der Waals surface area contributed by atoms with Crippen molar-refractivity contribution in [1.29, 1.82) is 0 Å². The summed E-state index contributed by atoms with van der Waals surface area (Å²) >= 11 is 13.3. The second-order valence-electron chi connectivity index (χ2n) is 8.67. The molecule has 4 rings (SSSR count). The molecule has 0 saturated heterocycles. The molecule has 0 spiro atoms. The number of hydrogen-bond donors (Lipinski definition) is 3. The van der Waals surface area contributed by atoms with E-state index in [2.05, 4.69) is 16.0 Å². The number of rotatable bonds is 10. The van der Waals surface area contributed by atoms with Crippen LogP contribution in [0.15, 0.2) is 108 Å². The molecule has 0 aromatic heterocycles. The Kier molecular flexibility index (Phi) is 10.3. The summed E-state index contributed by atoms with van der Waals surface area (Å²) in [7, 11) is 0. The van der Waals surface area contributed by atoms with E-state index in [0.717, 1.165) is 4.90 Å². The Labute approximate surface area is 255 Å². The number of nitro groups is 1. The third kappa shape index (κ3) is 8.68. The Morgan fingerprint density at radius 1 is 0.857 bits per heavy atom. The van der Waals surface area contributed by atoms with Crippen molar-refractivity contribution in [3.05, 3.63) is 134 Å². The SMILES string of the molecule is O=C(CSc1ccc(NC(=O)/C(=C/c2ccc([N+](=O)[O-])cc2)NC(=O)c2ccccc2)cc1)Nc1cc(Cl)ccc1Cl. The molecular formula is C30H22Cl2N4O5S. The third-order valence-corrected chi connectivity index (χ3v) is 7.21. The standard InChI is InChI=1S/C30H22Cl2N4O5S/c31-21-8-15-25(32)26(17-21)34-28(37)18-42-24-13-9-22(10-14-24)33-30(39)27(35-29(38)20-4-2-1-3-5-20)16-19-6-11-23(12-7-19)36(40)41/h1-17H,18H2,(H,33,39)(H,34,37)(H,35,38)/b27-16-. The van der Waals surface area contributed by atoms with Crippen molar-refractivity contribution < 1.29 is 19.3 Å². The van der Waals surface area contributed by atoms with E-state index in [9.17, 15) is 24.5 Å². The van der Waals surface area contributed by atoms with E-state index in [1.807, 2.05) is 0 Å². The number of halogens is 2. The lowest BCUT2D eigenvalue weighted by Gasteiger charge is -2.12. The average Bonchev–Trinajstić information content (AvgIpc) is 2.99. The monoisotopic (exact) mass is 620 g/mol. The fourth-order valence-electron chi connectivity index (χ4n) is 3.56. The molecule has 4 aromatic rings. The molecule has 4 aromatic carbocycles. The van der Waals surface area contributed by atoms with Crippen molar-refractivity contribution in [3.8, 4) is 0 Å². The van der Waals surface area contributed by atoms with E-state index in [0.29, 0.717) is 32.5 Å². The van der Waals surface area contributed by atoms with E-state index < -0.39 is 16.7 Å². The quantitative estimate of drug-likeness (QED) is 0.0754. The first-order valence-electron chi connectivity index (χ1n) is 12.3. The van der Waals surface area contributed by atoms with Crippen LogP contribution in [0.25, 0.3) is 6.08 Å². The molecule has 0 unspecified atom stereocenters. The van der Waals surface area contributed by atoms with Gasteiger partial charge in [0.25, 0.3) is 17.5 Å². The van der Waals surface area contributed by atoms with Crippen molar-refractivity contribution in [2.75, 3.05) is 16.4 Å². The zero-order valence-electron chi connectivity index (χ0n) is 21.7. The van der Waals surface area contributed by atoms with Crippen LogP contribution < -0.4 is 16.0 Å². The highest BCUT2D eigenvalue weighted by atomic mass is 35.5. The highest BCUT2D eigenvalue weighted by Gasteiger charge is 2.16. The van der Waals surface area contributed by atoms with Crippen LogP contribution in [-0.2, 0) is 9.59 Å². The van der Waals surface area contributed by atoms with Crippen LogP contribution >= 0.6 is 35.0 Å². The van der Waals surface area contributed by atoms with Crippen LogP contribution in [0, 0.1) is 10.1 Å². The fraction of sp³-hybridized carbons (Fsp3) is 0.0333. The number of carbonyl (C=O) groups excluding carboxylic acids is 3. The van der Waals surface area contributed by atoms with Crippen molar-refractivity contribution in [2.24, 2.45) is 0 Å². The molecular weight excluding hydrogens is 599 g/mol. The number of anilines is 2. The van der Waals surface area contributed by atoms with Gasteiger partial charge in [-0.05, 0) is 78.4 Å². The highest BCUT2D eigenvalue weighted by Crippen LogP contribution is 2.26. The van der Waals surface area contributed by atoms with Gasteiger partial charge in [-0.15, -0.1) is 11.8 Å². The lowest BCUT2D eigenvalue weighted by atomic mass is 10.1. The van der Waals surface area contributed by atoms with Crippen molar-refractivity contribution >= 4 is 75.8 Å². The Balaban J connectivity index is 1.42. The van der Waals surface area contributed by atoms with Crippen LogP contribution in [0.2, 0.25) is 10.0 Å². The first kappa shape index (κ1) is 30.3. The summed E-state index contributed by atoms with van der Waals surface area (Å²) in [5, 5.41) is 19.9. The van der Waals surface area contributed by atoms with E-state index in [-0.39, 0.29) is 23.0 Å². The van der Waals surface area contributed by atoms with Crippen molar-refractivity contribution in [1.82, 2.24) is 5.32 Å². The minimum Gasteiger partial charge on any atom is -0.324 e. The highest BCUT2D eigenvalue weighted by molar-refractivity contribution is 8.00. The number of amides is 3. The van der Waals surface area contributed by atoms with Crippen LogP contribution in [0.5, 0.6) is 0 Å². The molecule has 0 saturated carbocycles. The zero-order chi connectivity index (χ0) is 30.1. The molecule has 0 aliphatic carbocycles. The number of benzene rings is 4. The molecule has 9 nitrogen and oxygen atoms in total. The summed E-state index contributed by atoms with van der Waals surface area (Å²) in [6.07, 6.45) is 1.43. The molecule has 0 aliphatic rings. The topological polar surface area (TPSA) is 130 Å². The predicted molar refractivity (Wildman–Crippen MR) is 166 cm³/mol. The smallest absolute Gasteiger partial charge is 0.272 e. The van der Waals surface area contributed by atoms with Gasteiger partial charge in [-0.2, -0.15) is 0 Å². The van der Waals surface area contributed by atoms with E-state index in [1.54, 1.807) is 72.8 Å². The zero-order valence-corrected chi connectivity index (χ0v) is 24.0. The lowest BCUT2D eigenvalue weighted by Crippen LogP contribution is -2.30. The lowest BCUT2D eigenvalue weighted by molar-refractivity contribution is -0.384. The molecule has 0 radical (unpaired) electrons. The average molecular weight is 622 g/mol. The number of nitro benzene ring substituents is 1. The fourth-order valence-corrected chi connectivity index (χ4v) is 4.60. The summed E-state index contributed by atoms with van der Waals surface area (Å²) in [4.78, 5) is 49.6. The molecule has 42 heavy (non-hydrogen) atoms. The van der Waals surface area contributed by atoms with E-state index in [4.69, 9.17) is 23.2 Å². The van der Waals surface area contributed by atoms with Gasteiger partial charge in [0.1, 0.15) is 5.70 Å². The van der Waals surface area contributed by atoms with Gasteiger partial charge in [-0.1, -0.05) is 41.4 Å². The second-order valence-corrected chi connectivity index (χ2v) is 10.6. The Bertz CT molecular complexity index is 1650. The van der Waals surface area contributed by atoms with Crippen LogP contribution in [-0.4, -0.2) is 28.4 Å². The minimum absolute atomic E-state index is 0.0625. The van der Waals surface area contributed by atoms with E-state index in [1.165, 1.54) is 42.1 Å². The maximum atomic E-state index is 13.2. The number of nitrogens with zero attached hydrogens (tertiary/aromatic N) is 1.